The highest BCUT2D eigenvalue weighted by molar-refractivity contribution is 5.97. The van der Waals surface area contributed by atoms with E-state index in [1.165, 1.54) is 0 Å². The molecule has 0 aliphatic rings. The second-order valence-electron chi connectivity index (χ2n) is 4.52. The summed E-state index contributed by atoms with van der Waals surface area (Å²) in [5.41, 5.74) is 1.57. The number of phenols is 1. The average Bonchev–Trinajstić information content (AvgIpc) is 2.40. The molecule has 1 aromatic carbocycles. The quantitative estimate of drug-likeness (QED) is 0.885. The first-order valence-electron chi connectivity index (χ1n) is 6.55. The Morgan fingerprint density at radius 1 is 1.47 bits per heavy atom. The molecule has 0 spiro atoms. The largest absolute Gasteiger partial charge is 0.508 e. The smallest absolute Gasteiger partial charge is 0.244 e. The van der Waals surface area contributed by atoms with E-state index in [1.807, 2.05) is 20.8 Å². The van der Waals surface area contributed by atoms with Crippen molar-refractivity contribution in [2.45, 2.75) is 33.6 Å². The van der Waals surface area contributed by atoms with E-state index in [9.17, 15) is 9.90 Å². The van der Waals surface area contributed by atoms with E-state index in [0.29, 0.717) is 18.7 Å². The second kappa shape index (κ2) is 6.79. The number of carbonyl (C=O) groups is 1. The van der Waals surface area contributed by atoms with Crippen molar-refractivity contribution in [1.82, 2.24) is 0 Å². The molecule has 1 aromatic rings. The van der Waals surface area contributed by atoms with E-state index in [0.717, 1.165) is 12.0 Å². The number of carbonyl (C=O) groups excluding carboxylic acids is 1. The summed E-state index contributed by atoms with van der Waals surface area (Å²) in [5, 5.41) is 18.7. The van der Waals surface area contributed by atoms with Crippen molar-refractivity contribution in [3.63, 3.8) is 0 Å². The van der Waals surface area contributed by atoms with E-state index in [1.54, 1.807) is 23.1 Å². The van der Waals surface area contributed by atoms with E-state index < -0.39 is 5.92 Å². The molecule has 4 heteroatoms. The Hall–Kier alpha value is -2.02. The summed E-state index contributed by atoms with van der Waals surface area (Å²) in [4.78, 5) is 13.9. The van der Waals surface area contributed by atoms with Gasteiger partial charge in [0.1, 0.15) is 11.7 Å². The number of hydrogen-bond donors (Lipinski definition) is 1. The number of hydrogen-bond acceptors (Lipinski definition) is 3. The Morgan fingerprint density at radius 2 is 2.16 bits per heavy atom. The van der Waals surface area contributed by atoms with Crippen molar-refractivity contribution in [3.05, 3.63) is 23.8 Å². The summed E-state index contributed by atoms with van der Waals surface area (Å²) >= 11 is 0. The number of aryl methyl sites for hydroxylation is 1. The topological polar surface area (TPSA) is 64.3 Å². The molecule has 0 aliphatic carbocycles. The van der Waals surface area contributed by atoms with Gasteiger partial charge in [-0.25, -0.2) is 0 Å². The van der Waals surface area contributed by atoms with Gasteiger partial charge in [0.05, 0.1) is 11.8 Å². The number of phenolic OH excluding ortho intramolecular Hbond substituents is 1. The van der Waals surface area contributed by atoms with Crippen molar-refractivity contribution >= 4 is 11.6 Å². The SMILES string of the molecule is CCCC(C#N)C(=O)N(CC)c1cc(O)ccc1C. The van der Waals surface area contributed by atoms with Gasteiger partial charge in [-0.2, -0.15) is 5.26 Å². The predicted molar refractivity (Wildman–Crippen MR) is 74.9 cm³/mol. The minimum atomic E-state index is -0.619. The average molecular weight is 260 g/mol. The molecular formula is C15H20N2O2. The molecule has 0 radical (unpaired) electrons. The monoisotopic (exact) mass is 260 g/mol. The maximum atomic E-state index is 12.4. The fourth-order valence-electron chi connectivity index (χ4n) is 2.05. The van der Waals surface area contributed by atoms with Gasteiger partial charge in [0.2, 0.25) is 5.91 Å². The lowest BCUT2D eigenvalue weighted by Gasteiger charge is -2.25. The van der Waals surface area contributed by atoms with Gasteiger partial charge < -0.3 is 10.0 Å². The predicted octanol–water partition coefficient (Wildman–Crippen LogP) is 2.99. The normalized spacial score (nSPS) is 11.7. The van der Waals surface area contributed by atoms with Gasteiger partial charge in [0.15, 0.2) is 0 Å². The molecule has 1 N–H and O–H groups in total. The molecule has 1 atom stereocenters. The highest BCUT2D eigenvalue weighted by atomic mass is 16.3. The standard InChI is InChI=1S/C15H20N2O2/c1-4-6-12(10-16)15(19)17(5-2)14-9-13(18)8-7-11(14)3/h7-9,12,18H,4-6H2,1-3H3. The third-order valence-electron chi connectivity index (χ3n) is 3.10. The van der Waals surface area contributed by atoms with E-state index >= 15 is 0 Å². The van der Waals surface area contributed by atoms with Crippen molar-refractivity contribution < 1.29 is 9.90 Å². The van der Waals surface area contributed by atoms with Gasteiger partial charge in [0.25, 0.3) is 0 Å². The summed E-state index contributed by atoms with van der Waals surface area (Å²) in [5.74, 6) is -0.692. The van der Waals surface area contributed by atoms with Gasteiger partial charge in [-0.3, -0.25) is 4.79 Å². The third kappa shape index (κ3) is 3.47. The van der Waals surface area contributed by atoms with Crippen molar-refractivity contribution in [3.8, 4) is 11.8 Å². The molecule has 0 fully saturated rings. The van der Waals surface area contributed by atoms with E-state index in [-0.39, 0.29) is 11.7 Å². The molecule has 102 valence electrons. The zero-order chi connectivity index (χ0) is 14.4. The van der Waals surface area contributed by atoms with Gasteiger partial charge in [-0.05, 0) is 31.9 Å². The molecule has 19 heavy (non-hydrogen) atoms. The van der Waals surface area contributed by atoms with Crippen molar-refractivity contribution in [2.75, 3.05) is 11.4 Å². The van der Waals surface area contributed by atoms with Gasteiger partial charge in [-0.15, -0.1) is 0 Å². The molecular weight excluding hydrogens is 240 g/mol. The van der Waals surface area contributed by atoms with Crippen LogP contribution in [0.5, 0.6) is 5.75 Å². The van der Waals surface area contributed by atoms with E-state index in [4.69, 9.17) is 5.26 Å². The van der Waals surface area contributed by atoms with Crippen LogP contribution in [0, 0.1) is 24.2 Å². The van der Waals surface area contributed by atoms with Crippen LogP contribution in [0.2, 0.25) is 0 Å². The number of aromatic hydroxyl groups is 1. The maximum Gasteiger partial charge on any atom is 0.244 e. The number of nitrogens with zero attached hydrogens (tertiary/aromatic N) is 2. The molecule has 4 nitrogen and oxygen atoms in total. The summed E-state index contributed by atoms with van der Waals surface area (Å²) in [6, 6.07) is 6.99. The Kier molecular flexibility index (Phi) is 5.37. The van der Waals surface area contributed by atoms with Gasteiger partial charge in [-0.1, -0.05) is 19.4 Å². The first-order valence-corrected chi connectivity index (χ1v) is 6.55. The van der Waals surface area contributed by atoms with Crippen LogP contribution >= 0.6 is 0 Å². The molecule has 1 rings (SSSR count). The van der Waals surface area contributed by atoms with Crippen LogP contribution in [-0.2, 0) is 4.79 Å². The number of nitriles is 1. The lowest BCUT2D eigenvalue weighted by atomic mass is 10.0. The van der Waals surface area contributed by atoms with Crippen LogP contribution in [0.25, 0.3) is 0 Å². The zero-order valence-corrected chi connectivity index (χ0v) is 11.7. The van der Waals surface area contributed by atoms with Gasteiger partial charge >= 0.3 is 0 Å². The third-order valence-corrected chi connectivity index (χ3v) is 3.10. The lowest BCUT2D eigenvalue weighted by Crippen LogP contribution is -2.36. The Balaban J connectivity index is 3.09. The molecule has 0 saturated heterocycles. The first-order chi connectivity index (χ1) is 9.04. The first kappa shape index (κ1) is 15.0. The van der Waals surface area contributed by atoms with Crippen LogP contribution in [0.4, 0.5) is 5.69 Å². The fraction of sp³-hybridized carbons (Fsp3) is 0.467. The molecule has 1 amide bonds. The molecule has 0 bridgehead atoms. The Morgan fingerprint density at radius 3 is 2.68 bits per heavy atom. The maximum absolute atomic E-state index is 12.4. The number of amides is 1. The van der Waals surface area contributed by atoms with E-state index in [2.05, 4.69) is 6.07 Å². The molecule has 0 aromatic heterocycles. The van der Waals surface area contributed by atoms with Crippen LogP contribution in [0.3, 0.4) is 0 Å². The van der Waals surface area contributed by atoms with Crippen LogP contribution in [0.15, 0.2) is 18.2 Å². The molecule has 0 heterocycles. The fourth-order valence-corrected chi connectivity index (χ4v) is 2.05. The van der Waals surface area contributed by atoms with Gasteiger partial charge in [0, 0.05) is 12.6 Å². The highest BCUT2D eigenvalue weighted by Crippen LogP contribution is 2.26. The number of anilines is 1. The molecule has 0 aliphatic heterocycles. The van der Waals surface area contributed by atoms with Crippen LogP contribution < -0.4 is 4.90 Å². The summed E-state index contributed by atoms with van der Waals surface area (Å²) in [7, 11) is 0. The minimum absolute atomic E-state index is 0.121. The molecule has 0 saturated carbocycles. The highest BCUT2D eigenvalue weighted by Gasteiger charge is 2.24. The summed E-state index contributed by atoms with van der Waals surface area (Å²) in [6.45, 7) is 6.17. The summed E-state index contributed by atoms with van der Waals surface area (Å²) in [6.07, 6.45) is 1.35. The van der Waals surface area contributed by atoms with Crippen LogP contribution in [0.1, 0.15) is 32.3 Å². The minimum Gasteiger partial charge on any atom is -0.508 e. The van der Waals surface area contributed by atoms with Crippen molar-refractivity contribution in [2.24, 2.45) is 5.92 Å². The number of rotatable bonds is 5. The Bertz CT molecular complexity index is 491. The zero-order valence-electron chi connectivity index (χ0n) is 11.7. The Labute approximate surface area is 114 Å². The van der Waals surface area contributed by atoms with Crippen molar-refractivity contribution in [1.29, 1.82) is 5.26 Å². The second-order valence-corrected chi connectivity index (χ2v) is 4.52. The summed E-state index contributed by atoms with van der Waals surface area (Å²) < 4.78 is 0. The lowest BCUT2D eigenvalue weighted by molar-refractivity contribution is -0.121. The number of benzene rings is 1. The van der Waals surface area contributed by atoms with Crippen LogP contribution in [-0.4, -0.2) is 17.6 Å². The molecule has 1 unspecified atom stereocenters.